The smallest absolute Gasteiger partial charge is 0.308 e. The number of carbonyl (C=O) groups excluding carboxylic acids is 1. The molecule has 16 heavy (non-hydrogen) atoms. The fraction of sp³-hybridized carbons (Fsp3) is 0.417. The first kappa shape index (κ1) is 13.0. The highest BCUT2D eigenvalue weighted by Crippen LogP contribution is 2.23. The summed E-state index contributed by atoms with van der Waals surface area (Å²) in [5, 5.41) is -0.0543. The van der Waals surface area contributed by atoms with Crippen molar-refractivity contribution in [2.45, 2.75) is 12.3 Å². The lowest BCUT2D eigenvalue weighted by Gasteiger charge is -2.15. The molecule has 4 heteroatoms. The minimum atomic E-state index is -0.316. The van der Waals surface area contributed by atoms with Gasteiger partial charge in [0.15, 0.2) is 0 Å². The third kappa shape index (κ3) is 4.21. The van der Waals surface area contributed by atoms with E-state index in [0.717, 1.165) is 12.1 Å². The van der Waals surface area contributed by atoms with Gasteiger partial charge in [0.05, 0.1) is 5.38 Å². The molecule has 0 aromatic heterocycles. The zero-order chi connectivity index (χ0) is 12.1. The molecule has 0 fully saturated rings. The van der Waals surface area contributed by atoms with Crippen LogP contribution in [0.1, 0.15) is 17.9 Å². The van der Waals surface area contributed by atoms with Crippen molar-refractivity contribution in [3.05, 3.63) is 29.8 Å². The molecule has 0 aliphatic rings. The Bertz CT molecular complexity index is 349. The van der Waals surface area contributed by atoms with Gasteiger partial charge in [-0.05, 0) is 31.8 Å². The van der Waals surface area contributed by atoms with Crippen molar-refractivity contribution in [3.8, 4) is 5.75 Å². The van der Waals surface area contributed by atoms with Gasteiger partial charge in [-0.1, -0.05) is 12.1 Å². The van der Waals surface area contributed by atoms with Crippen molar-refractivity contribution in [3.63, 3.8) is 0 Å². The van der Waals surface area contributed by atoms with Gasteiger partial charge in [0.25, 0.3) is 0 Å². The van der Waals surface area contributed by atoms with E-state index in [1.165, 1.54) is 6.92 Å². The molecule has 0 saturated carbocycles. The SMILES string of the molecule is CC(=O)Oc1ccc(C(Cl)CN(C)C)cc1. The number of nitrogens with zero attached hydrogens (tertiary/aromatic N) is 1. The Balaban J connectivity index is 2.66. The van der Waals surface area contributed by atoms with E-state index >= 15 is 0 Å². The van der Waals surface area contributed by atoms with Crippen molar-refractivity contribution < 1.29 is 9.53 Å². The van der Waals surface area contributed by atoms with Gasteiger partial charge >= 0.3 is 5.97 Å². The molecule has 0 aliphatic heterocycles. The number of ether oxygens (including phenoxy) is 1. The van der Waals surface area contributed by atoms with Crippen LogP contribution in [0.25, 0.3) is 0 Å². The number of rotatable bonds is 4. The van der Waals surface area contributed by atoms with E-state index in [1.807, 2.05) is 31.1 Å². The second-order valence-electron chi connectivity index (χ2n) is 3.89. The Morgan fingerprint density at radius 1 is 1.38 bits per heavy atom. The van der Waals surface area contributed by atoms with Crippen molar-refractivity contribution in [1.82, 2.24) is 4.90 Å². The molecule has 88 valence electrons. The number of carbonyl (C=O) groups is 1. The third-order valence-electron chi connectivity index (χ3n) is 2.03. The standard InChI is InChI=1S/C12H16ClNO2/c1-9(15)16-11-6-4-10(5-7-11)12(13)8-14(2)3/h4-7,12H,8H2,1-3H3. The number of esters is 1. The Kier molecular flexibility index (Phi) is 4.77. The van der Waals surface area contributed by atoms with Crippen LogP contribution in [0.4, 0.5) is 0 Å². The van der Waals surface area contributed by atoms with E-state index in [4.69, 9.17) is 16.3 Å². The lowest BCUT2D eigenvalue weighted by Crippen LogP contribution is -2.17. The molecule has 0 heterocycles. The Hall–Kier alpha value is -1.06. The largest absolute Gasteiger partial charge is 0.427 e. The van der Waals surface area contributed by atoms with Gasteiger partial charge in [0.1, 0.15) is 5.75 Å². The van der Waals surface area contributed by atoms with Crippen LogP contribution in [0.5, 0.6) is 5.75 Å². The Morgan fingerprint density at radius 2 is 1.94 bits per heavy atom. The molecule has 1 rings (SSSR count). The van der Waals surface area contributed by atoms with Crippen LogP contribution in [0.2, 0.25) is 0 Å². The van der Waals surface area contributed by atoms with Gasteiger partial charge in [-0.15, -0.1) is 11.6 Å². The summed E-state index contributed by atoms with van der Waals surface area (Å²) in [7, 11) is 3.95. The maximum Gasteiger partial charge on any atom is 0.308 e. The number of hydrogen-bond acceptors (Lipinski definition) is 3. The summed E-state index contributed by atoms with van der Waals surface area (Å²) in [5.74, 6) is 0.230. The highest BCUT2D eigenvalue weighted by molar-refractivity contribution is 6.21. The van der Waals surface area contributed by atoms with Crippen LogP contribution in [0.15, 0.2) is 24.3 Å². The first-order valence-corrected chi connectivity index (χ1v) is 5.50. The van der Waals surface area contributed by atoms with E-state index in [1.54, 1.807) is 12.1 Å². The topological polar surface area (TPSA) is 29.5 Å². The molecule has 0 saturated heterocycles. The monoisotopic (exact) mass is 241 g/mol. The van der Waals surface area contributed by atoms with Gasteiger partial charge in [0, 0.05) is 13.5 Å². The van der Waals surface area contributed by atoms with Crippen LogP contribution >= 0.6 is 11.6 Å². The van der Waals surface area contributed by atoms with Crippen LogP contribution in [-0.4, -0.2) is 31.5 Å². The number of alkyl halides is 1. The van der Waals surface area contributed by atoms with E-state index in [-0.39, 0.29) is 11.3 Å². The minimum absolute atomic E-state index is 0.0543. The maximum atomic E-state index is 10.7. The second-order valence-corrected chi connectivity index (χ2v) is 4.42. The van der Waals surface area contributed by atoms with Crippen molar-refractivity contribution in [1.29, 1.82) is 0 Å². The summed E-state index contributed by atoms with van der Waals surface area (Å²) >= 11 is 6.21. The molecule has 1 aromatic rings. The van der Waals surface area contributed by atoms with E-state index < -0.39 is 0 Å². The molecule has 3 nitrogen and oxygen atoms in total. The number of hydrogen-bond donors (Lipinski definition) is 0. The zero-order valence-corrected chi connectivity index (χ0v) is 10.5. The molecule has 1 aromatic carbocycles. The second kappa shape index (κ2) is 5.87. The van der Waals surface area contributed by atoms with Crippen molar-refractivity contribution in [2.75, 3.05) is 20.6 Å². The number of halogens is 1. The van der Waals surface area contributed by atoms with Crippen LogP contribution in [0, 0.1) is 0 Å². The molecule has 1 atom stereocenters. The van der Waals surface area contributed by atoms with E-state index in [2.05, 4.69) is 0 Å². The zero-order valence-electron chi connectivity index (χ0n) is 9.74. The minimum Gasteiger partial charge on any atom is -0.427 e. The lowest BCUT2D eigenvalue weighted by atomic mass is 10.1. The predicted octanol–water partition coefficient (Wildman–Crippen LogP) is 2.45. The van der Waals surface area contributed by atoms with Crippen LogP contribution < -0.4 is 4.74 Å². The average molecular weight is 242 g/mol. The third-order valence-corrected chi connectivity index (χ3v) is 2.42. The van der Waals surface area contributed by atoms with E-state index in [0.29, 0.717) is 5.75 Å². The van der Waals surface area contributed by atoms with Crippen molar-refractivity contribution >= 4 is 17.6 Å². The summed E-state index contributed by atoms with van der Waals surface area (Å²) in [6.45, 7) is 2.15. The number of likely N-dealkylation sites (N-methyl/N-ethyl adjacent to an activating group) is 1. The fourth-order valence-corrected chi connectivity index (χ4v) is 1.76. The molecule has 0 amide bonds. The van der Waals surface area contributed by atoms with E-state index in [9.17, 15) is 4.79 Å². The molecule has 1 unspecified atom stereocenters. The normalized spacial score (nSPS) is 12.6. The van der Waals surface area contributed by atoms with Gasteiger partial charge in [-0.3, -0.25) is 4.79 Å². The molecular weight excluding hydrogens is 226 g/mol. The molecule has 0 bridgehead atoms. The highest BCUT2D eigenvalue weighted by Gasteiger charge is 2.09. The lowest BCUT2D eigenvalue weighted by molar-refractivity contribution is -0.131. The predicted molar refractivity (Wildman–Crippen MR) is 64.9 cm³/mol. The summed E-state index contributed by atoms with van der Waals surface area (Å²) in [5.41, 5.74) is 1.02. The van der Waals surface area contributed by atoms with Gasteiger partial charge in [0.2, 0.25) is 0 Å². The molecule has 0 N–H and O–H groups in total. The summed E-state index contributed by atoms with van der Waals surface area (Å²) in [6, 6.07) is 7.25. The first-order chi connectivity index (χ1) is 7.49. The quantitative estimate of drug-likeness (QED) is 0.461. The molecule has 0 spiro atoms. The van der Waals surface area contributed by atoms with Gasteiger partial charge < -0.3 is 9.64 Å². The highest BCUT2D eigenvalue weighted by atomic mass is 35.5. The molecule has 0 radical (unpaired) electrons. The van der Waals surface area contributed by atoms with Crippen LogP contribution in [-0.2, 0) is 4.79 Å². The molecule has 0 aliphatic carbocycles. The fourth-order valence-electron chi connectivity index (χ4n) is 1.34. The Labute approximate surface area is 101 Å². The average Bonchev–Trinajstić information content (AvgIpc) is 2.16. The van der Waals surface area contributed by atoms with Crippen LogP contribution in [0.3, 0.4) is 0 Å². The van der Waals surface area contributed by atoms with Crippen molar-refractivity contribution in [2.24, 2.45) is 0 Å². The van der Waals surface area contributed by atoms with Gasteiger partial charge in [-0.2, -0.15) is 0 Å². The molecular formula is C12H16ClNO2. The summed E-state index contributed by atoms with van der Waals surface area (Å²) < 4.78 is 4.94. The first-order valence-electron chi connectivity index (χ1n) is 5.06. The summed E-state index contributed by atoms with van der Waals surface area (Å²) in [6.07, 6.45) is 0. The Morgan fingerprint density at radius 3 is 2.38 bits per heavy atom. The number of benzene rings is 1. The summed E-state index contributed by atoms with van der Waals surface area (Å²) in [4.78, 5) is 12.7. The maximum absolute atomic E-state index is 10.7. The van der Waals surface area contributed by atoms with Gasteiger partial charge in [-0.25, -0.2) is 0 Å².